The van der Waals surface area contributed by atoms with Gasteiger partial charge in [-0.25, -0.2) is 8.42 Å². The predicted molar refractivity (Wildman–Crippen MR) is 82.6 cm³/mol. The third kappa shape index (κ3) is 2.89. The minimum atomic E-state index is -3.70. The number of nitrogens with one attached hydrogen (secondary N) is 1. The maximum Gasteiger partial charge on any atom is 0.262 e. The number of anilines is 2. The Kier molecular flexibility index (Phi) is 3.92. The van der Waals surface area contributed by atoms with E-state index in [1.807, 2.05) is 0 Å². The van der Waals surface area contributed by atoms with Crippen LogP contribution in [0.25, 0.3) is 0 Å². The molecule has 20 heavy (non-hydrogen) atoms. The molecule has 2 aromatic carbocycles. The van der Waals surface area contributed by atoms with E-state index in [1.165, 1.54) is 0 Å². The third-order valence-electron chi connectivity index (χ3n) is 2.87. The Morgan fingerprint density at radius 1 is 1.10 bits per heavy atom. The Labute approximate surface area is 123 Å². The fourth-order valence-corrected chi connectivity index (χ4v) is 3.92. The molecule has 3 N–H and O–H groups in total. The van der Waals surface area contributed by atoms with Crippen molar-refractivity contribution in [3.05, 3.63) is 52.5 Å². The van der Waals surface area contributed by atoms with Crippen molar-refractivity contribution in [2.24, 2.45) is 0 Å². The molecule has 2 rings (SSSR count). The second-order valence-corrected chi connectivity index (χ2v) is 6.60. The quantitative estimate of drug-likeness (QED) is 0.854. The molecule has 0 aliphatic heterocycles. The van der Waals surface area contributed by atoms with E-state index < -0.39 is 10.0 Å². The maximum absolute atomic E-state index is 12.5. The molecule has 0 atom stereocenters. The number of halogens is 1. The van der Waals surface area contributed by atoms with Crippen LogP contribution in [0.2, 0.25) is 5.02 Å². The van der Waals surface area contributed by atoms with Crippen molar-refractivity contribution >= 4 is 33.0 Å². The van der Waals surface area contributed by atoms with Crippen molar-refractivity contribution in [2.45, 2.75) is 18.7 Å². The van der Waals surface area contributed by atoms with Crippen LogP contribution in [0.15, 0.2) is 41.3 Å². The Balaban J connectivity index is 2.50. The monoisotopic (exact) mass is 310 g/mol. The molecule has 0 radical (unpaired) electrons. The van der Waals surface area contributed by atoms with Crippen molar-refractivity contribution in [1.29, 1.82) is 0 Å². The van der Waals surface area contributed by atoms with Gasteiger partial charge in [-0.1, -0.05) is 23.7 Å². The number of hydrogen-bond donors (Lipinski definition) is 2. The Morgan fingerprint density at radius 2 is 1.65 bits per heavy atom. The van der Waals surface area contributed by atoms with Crippen molar-refractivity contribution in [1.82, 2.24) is 0 Å². The highest BCUT2D eigenvalue weighted by molar-refractivity contribution is 7.92. The molecule has 6 heteroatoms. The first-order chi connectivity index (χ1) is 9.31. The molecule has 0 fully saturated rings. The van der Waals surface area contributed by atoms with Crippen LogP contribution in [-0.2, 0) is 10.0 Å². The van der Waals surface area contributed by atoms with Crippen LogP contribution in [0.5, 0.6) is 0 Å². The predicted octanol–water partition coefficient (Wildman–Crippen LogP) is 3.34. The SMILES string of the molecule is Cc1cc(N)cc(C)c1S(=O)(=O)Nc1ccccc1Cl. The van der Waals surface area contributed by atoms with Crippen molar-refractivity contribution in [3.8, 4) is 0 Å². The van der Waals surface area contributed by atoms with Crippen LogP contribution in [-0.4, -0.2) is 8.42 Å². The molecule has 4 nitrogen and oxygen atoms in total. The smallest absolute Gasteiger partial charge is 0.262 e. The lowest BCUT2D eigenvalue weighted by Gasteiger charge is -2.14. The minimum absolute atomic E-state index is 0.228. The van der Waals surface area contributed by atoms with E-state index in [-0.39, 0.29) is 4.90 Å². The van der Waals surface area contributed by atoms with Gasteiger partial charge in [0.1, 0.15) is 0 Å². The second-order valence-electron chi connectivity index (χ2n) is 4.57. The van der Waals surface area contributed by atoms with E-state index in [1.54, 1.807) is 50.2 Å². The zero-order chi connectivity index (χ0) is 14.9. The second kappa shape index (κ2) is 5.34. The van der Waals surface area contributed by atoms with Crippen molar-refractivity contribution in [2.75, 3.05) is 10.5 Å². The van der Waals surface area contributed by atoms with Crippen LogP contribution in [0.3, 0.4) is 0 Å². The summed E-state index contributed by atoms with van der Waals surface area (Å²) in [4.78, 5) is 0.228. The molecular weight excluding hydrogens is 296 g/mol. The minimum Gasteiger partial charge on any atom is -0.399 e. The molecular formula is C14H15ClN2O2S. The number of nitrogens with two attached hydrogens (primary N) is 1. The van der Waals surface area contributed by atoms with Gasteiger partial charge < -0.3 is 5.73 Å². The molecule has 106 valence electrons. The first kappa shape index (κ1) is 14.7. The zero-order valence-electron chi connectivity index (χ0n) is 11.1. The van der Waals surface area contributed by atoms with Gasteiger partial charge in [0.05, 0.1) is 15.6 Å². The Hall–Kier alpha value is -1.72. The summed E-state index contributed by atoms with van der Waals surface area (Å²) in [5.74, 6) is 0. The van der Waals surface area contributed by atoms with Gasteiger partial charge in [0.15, 0.2) is 0 Å². The Bertz CT molecular complexity index is 735. The third-order valence-corrected chi connectivity index (χ3v) is 4.87. The van der Waals surface area contributed by atoms with Gasteiger partial charge in [-0.2, -0.15) is 0 Å². The Morgan fingerprint density at radius 3 is 2.20 bits per heavy atom. The van der Waals surface area contributed by atoms with Gasteiger partial charge in [-0.3, -0.25) is 4.72 Å². The van der Waals surface area contributed by atoms with E-state index >= 15 is 0 Å². The van der Waals surface area contributed by atoms with Gasteiger partial charge in [-0.05, 0) is 49.2 Å². The molecule has 0 amide bonds. The fraction of sp³-hybridized carbons (Fsp3) is 0.143. The van der Waals surface area contributed by atoms with Crippen molar-refractivity contribution in [3.63, 3.8) is 0 Å². The van der Waals surface area contributed by atoms with Gasteiger partial charge in [0.2, 0.25) is 0 Å². The molecule has 0 unspecified atom stereocenters. The van der Waals surface area contributed by atoms with E-state index in [0.717, 1.165) is 0 Å². The van der Waals surface area contributed by atoms with Crippen molar-refractivity contribution < 1.29 is 8.42 Å². The van der Waals surface area contributed by atoms with E-state index in [2.05, 4.69) is 4.72 Å². The number of hydrogen-bond acceptors (Lipinski definition) is 3. The zero-order valence-corrected chi connectivity index (χ0v) is 12.7. The number of aryl methyl sites for hydroxylation is 2. The lowest BCUT2D eigenvalue weighted by atomic mass is 10.1. The average Bonchev–Trinajstić information content (AvgIpc) is 2.30. The van der Waals surface area contributed by atoms with Crippen LogP contribution in [0, 0.1) is 13.8 Å². The number of sulfonamides is 1. The standard InChI is InChI=1S/C14H15ClN2O2S/c1-9-7-11(16)8-10(2)14(9)20(18,19)17-13-6-4-3-5-12(13)15/h3-8,17H,16H2,1-2H3. The van der Waals surface area contributed by atoms with Crippen LogP contribution >= 0.6 is 11.6 Å². The molecule has 0 heterocycles. The molecule has 0 aromatic heterocycles. The number of benzene rings is 2. The molecule has 0 saturated carbocycles. The average molecular weight is 311 g/mol. The first-order valence-corrected chi connectivity index (χ1v) is 7.81. The summed E-state index contributed by atoms with van der Waals surface area (Å²) < 4.78 is 27.5. The van der Waals surface area contributed by atoms with Crippen LogP contribution < -0.4 is 10.5 Å². The summed E-state index contributed by atoms with van der Waals surface area (Å²) in [6.45, 7) is 3.43. The molecule has 2 aromatic rings. The first-order valence-electron chi connectivity index (χ1n) is 5.95. The van der Waals surface area contributed by atoms with Gasteiger partial charge >= 0.3 is 0 Å². The normalized spacial score (nSPS) is 11.3. The summed E-state index contributed by atoms with van der Waals surface area (Å²) in [5.41, 5.74) is 7.80. The summed E-state index contributed by atoms with van der Waals surface area (Å²) in [6.07, 6.45) is 0. The van der Waals surface area contributed by atoms with Crippen LogP contribution in [0.4, 0.5) is 11.4 Å². The summed E-state index contributed by atoms with van der Waals surface area (Å²) in [7, 11) is -3.70. The lowest BCUT2D eigenvalue weighted by molar-refractivity contribution is 0.600. The highest BCUT2D eigenvalue weighted by atomic mass is 35.5. The van der Waals surface area contributed by atoms with E-state index in [9.17, 15) is 8.42 Å². The van der Waals surface area contributed by atoms with Gasteiger partial charge in [0.25, 0.3) is 10.0 Å². The highest BCUT2D eigenvalue weighted by Gasteiger charge is 2.20. The number of rotatable bonds is 3. The molecule has 0 saturated heterocycles. The molecule has 0 aliphatic carbocycles. The summed E-state index contributed by atoms with van der Waals surface area (Å²) in [6, 6.07) is 9.96. The number of para-hydroxylation sites is 1. The fourth-order valence-electron chi connectivity index (χ4n) is 2.15. The van der Waals surface area contributed by atoms with Gasteiger partial charge in [0, 0.05) is 5.69 Å². The maximum atomic E-state index is 12.5. The summed E-state index contributed by atoms with van der Waals surface area (Å²) in [5, 5.41) is 0.349. The number of nitrogen functional groups attached to an aromatic ring is 1. The topological polar surface area (TPSA) is 72.2 Å². The lowest BCUT2D eigenvalue weighted by Crippen LogP contribution is -2.16. The largest absolute Gasteiger partial charge is 0.399 e. The molecule has 0 spiro atoms. The molecule has 0 aliphatic rings. The summed E-state index contributed by atoms with van der Waals surface area (Å²) >= 11 is 5.98. The highest BCUT2D eigenvalue weighted by Crippen LogP contribution is 2.28. The molecule has 0 bridgehead atoms. The van der Waals surface area contributed by atoms with Gasteiger partial charge in [-0.15, -0.1) is 0 Å². The van der Waals surface area contributed by atoms with E-state index in [4.69, 9.17) is 17.3 Å². The van der Waals surface area contributed by atoms with Crippen LogP contribution in [0.1, 0.15) is 11.1 Å². The van der Waals surface area contributed by atoms with E-state index in [0.29, 0.717) is 27.5 Å².